The number of hydrogen-bond acceptors (Lipinski definition) is 5. The van der Waals surface area contributed by atoms with Crippen molar-refractivity contribution in [2.75, 3.05) is 13.1 Å². The fraction of sp³-hybridized carbons (Fsp3) is 0.318. The molecule has 0 aliphatic carbocycles. The van der Waals surface area contributed by atoms with Crippen LogP contribution < -0.4 is 4.74 Å². The Labute approximate surface area is 163 Å². The third-order valence-electron chi connectivity index (χ3n) is 5.33. The number of carboxylic acid groups (broad SMARTS) is 1. The van der Waals surface area contributed by atoms with Gasteiger partial charge >= 0.3 is 5.97 Å². The highest BCUT2D eigenvalue weighted by atomic mass is 16.5. The summed E-state index contributed by atoms with van der Waals surface area (Å²) >= 11 is 0. The molecule has 0 saturated carbocycles. The van der Waals surface area contributed by atoms with E-state index in [1.165, 1.54) is 0 Å². The van der Waals surface area contributed by atoms with Gasteiger partial charge in [0.05, 0.1) is 0 Å². The lowest BCUT2D eigenvalue weighted by Crippen LogP contribution is -2.53. The van der Waals surface area contributed by atoms with E-state index in [2.05, 4.69) is 14.9 Å². The highest BCUT2D eigenvalue weighted by Crippen LogP contribution is 2.31. The number of hydrogen-bond donors (Lipinski definition) is 1. The van der Waals surface area contributed by atoms with Crippen molar-refractivity contribution in [2.45, 2.75) is 31.9 Å². The first kappa shape index (κ1) is 18.4. The van der Waals surface area contributed by atoms with E-state index in [1.54, 1.807) is 0 Å². The Morgan fingerprint density at radius 1 is 1.11 bits per heavy atom. The summed E-state index contributed by atoms with van der Waals surface area (Å²) in [7, 11) is 0. The fourth-order valence-corrected chi connectivity index (χ4v) is 3.65. The van der Waals surface area contributed by atoms with Crippen LogP contribution in [0.1, 0.15) is 24.2 Å². The highest BCUT2D eigenvalue weighted by molar-refractivity contribution is 5.84. The van der Waals surface area contributed by atoms with Crippen molar-refractivity contribution >= 4 is 16.7 Å². The topological polar surface area (TPSA) is 75.6 Å². The minimum Gasteiger partial charge on any atom is -0.478 e. The lowest BCUT2D eigenvalue weighted by molar-refractivity contribution is -0.159. The number of carboxylic acids is 1. The standard InChI is InChI=1S/C22H23N3O3/c1-16-23-13-17(14-24-16)15-25-10-8-22(9-11-25,21(26)27)28-20-7-6-18-4-2-3-5-19(18)12-20/h2-7,12-14H,8-11,15H2,1H3,(H,26,27). The Morgan fingerprint density at radius 3 is 2.46 bits per heavy atom. The van der Waals surface area contributed by atoms with Crippen molar-refractivity contribution in [3.63, 3.8) is 0 Å². The number of nitrogens with zero attached hydrogens (tertiary/aromatic N) is 3. The molecular formula is C22H23N3O3. The van der Waals surface area contributed by atoms with Gasteiger partial charge < -0.3 is 9.84 Å². The van der Waals surface area contributed by atoms with E-state index in [9.17, 15) is 9.90 Å². The summed E-state index contributed by atoms with van der Waals surface area (Å²) in [6, 6.07) is 13.7. The summed E-state index contributed by atoms with van der Waals surface area (Å²) in [4.78, 5) is 22.8. The van der Waals surface area contributed by atoms with Crippen molar-refractivity contribution in [1.29, 1.82) is 0 Å². The van der Waals surface area contributed by atoms with Crippen molar-refractivity contribution in [1.82, 2.24) is 14.9 Å². The number of piperidine rings is 1. The first-order chi connectivity index (χ1) is 13.5. The van der Waals surface area contributed by atoms with Gasteiger partial charge in [-0.25, -0.2) is 14.8 Å². The van der Waals surface area contributed by atoms with Crippen molar-refractivity contribution in [3.05, 3.63) is 66.2 Å². The van der Waals surface area contributed by atoms with Gasteiger partial charge in [-0.3, -0.25) is 4.90 Å². The number of carbonyl (C=O) groups is 1. The fourth-order valence-electron chi connectivity index (χ4n) is 3.65. The molecule has 1 fully saturated rings. The summed E-state index contributed by atoms with van der Waals surface area (Å²) in [5.41, 5.74) is -0.160. The molecule has 1 N–H and O–H groups in total. The molecule has 3 aromatic rings. The molecule has 2 heterocycles. The zero-order valence-corrected chi connectivity index (χ0v) is 15.8. The number of benzene rings is 2. The number of aromatic nitrogens is 2. The smallest absolute Gasteiger partial charge is 0.348 e. The number of likely N-dealkylation sites (tertiary alicyclic amines) is 1. The SMILES string of the molecule is Cc1ncc(CN2CCC(Oc3ccc4ccccc4c3)(C(=O)O)CC2)cn1. The van der Waals surface area contributed by atoms with Crippen molar-refractivity contribution in [2.24, 2.45) is 0 Å². The van der Waals surface area contributed by atoms with E-state index >= 15 is 0 Å². The first-order valence-corrected chi connectivity index (χ1v) is 9.45. The summed E-state index contributed by atoms with van der Waals surface area (Å²) in [5.74, 6) is 0.441. The van der Waals surface area contributed by atoms with Crippen molar-refractivity contribution in [3.8, 4) is 5.75 Å². The second-order valence-corrected chi connectivity index (χ2v) is 7.33. The van der Waals surface area contributed by atoms with E-state index in [0.29, 0.717) is 38.2 Å². The van der Waals surface area contributed by atoms with Gasteiger partial charge in [0.15, 0.2) is 0 Å². The van der Waals surface area contributed by atoms with Crippen LogP contribution in [-0.4, -0.2) is 44.6 Å². The van der Waals surface area contributed by atoms with Crippen molar-refractivity contribution < 1.29 is 14.6 Å². The summed E-state index contributed by atoms with van der Waals surface area (Å²) < 4.78 is 6.08. The zero-order chi connectivity index (χ0) is 19.6. The zero-order valence-electron chi connectivity index (χ0n) is 15.8. The molecule has 28 heavy (non-hydrogen) atoms. The molecule has 0 bridgehead atoms. The van der Waals surface area contributed by atoms with E-state index in [4.69, 9.17) is 4.74 Å². The maximum absolute atomic E-state index is 12.1. The van der Waals surface area contributed by atoms with Crippen LogP contribution in [0.15, 0.2) is 54.9 Å². The normalized spacial score (nSPS) is 16.8. The van der Waals surface area contributed by atoms with Crippen LogP contribution in [0.5, 0.6) is 5.75 Å². The predicted molar refractivity (Wildman–Crippen MR) is 106 cm³/mol. The van der Waals surface area contributed by atoms with Crippen LogP contribution in [0.4, 0.5) is 0 Å². The second-order valence-electron chi connectivity index (χ2n) is 7.33. The lowest BCUT2D eigenvalue weighted by Gasteiger charge is -2.38. The molecule has 4 rings (SSSR count). The Balaban J connectivity index is 1.46. The van der Waals surface area contributed by atoms with E-state index in [1.807, 2.05) is 61.8 Å². The molecular weight excluding hydrogens is 354 g/mol. The number of ether oxygens (including phenoxy) is 1. The molecule has 0 atom stereocenters. The van der Waals surface area contributed by atoms with Gasteiger partial charge in [0.25, 0.3) is 0 Å². The maximum Gasteiger partial charge on any atom is 0.348 e. The molecule has 0 radical (unpaired) electrons. The summed E-state index contributed by atoms with van der Waals surface area (Å²) in [5, 5.41) is 12.1. The maximum atomic E-state index is 12.1. The molecule has 2 aromatic carbocycles. The molecule has 0 spiro atoms. The highest BCUT2D eigenvalue weighted by Gasteiger charge is 2.44. The second kappa shape index (κ2) is 7.56. The minimum absolute atomic E-state index is 0.432. The molecule has 6 heteroatoms. The summed E-state index contributed by atoms with van der Waals surface area (Å²) in [6.45, 7) is 3.86. The minimum atomic E-state index is -1.19. The van der Waals surface area contributed by atoms with E-state index in [-0.39, 0.29) is 0 Å². The Morgan fingerprint density at radius 2 is 1.79 bits per heavy atom. The van der Waals surface area contributed by atoms with Crippen LogP contribution >= 0.6 is 0 Å². The van der Waals surface area contributed by atoms with Gasteiger partial charge in [0.1, 0.15) is 11.6 Å². The Hall–Kier alpha value is -2.99. The first-order valence-electron chi connectivity index (χ1n) is 9.45. The van der Waals surface area contributed by atoms with E-state index in [0.717, 1.165) is 22.2 Å². The predicted octanol–water partition coefficient (Wildman–Crippen LogP) is 3.44. The van der Waals surface area contributed by atoms with Crippen LogP contribution in [-0.2, 0) is 11.3 Å². The number of fused-ring (bicyclic) bond motifs is 1. The van der Waals surface area contributed by atoms with Crippen LogP contribution in [0.25, 0.3) is 10.8 Å². The average Bonchev–Trinajstić information content (AvgIpc) is 2.71. The third-order valence-corrected chi connectivity index (χ3v) is 5.33. The van der Waals surface area contributed by atoms with Gasteiger partial charge in [0, 0.05) is 50.4 Å². The third kappa shape index (κ3) is 3.82. The molecule has 1 aliphatic rings. The van der Waals surface area contributed by atoms with Gasteiger partial charge in [-0.05, 0) is 29.8 Å². The molecule has 144 valence electrons. The Bertz CT molecular complexity index is 980. The van der Waals surface area contributed by atoms with Gasteiger partial charge in [-0.2, -0.15) is 0 Å². The molecule has 6 nitrogen and oxygen atoms in total. The number of rotatable bonds is 5. The number of aryl methyl sites for hydroxylation is 1. The molecule has 1 saturated heterocycles. The van der Waals surface area contributed by atoms with E-state index < -0.39 is 11.6 Å². The van der Waals surface area contributed by atoms with Crippen LogP contribution in [0, 0.1) is 6.92 Å². The largest absolute Gasteiger partial charge is 0.478 e. The lowest BCUT2D eigenvalue weighted by atomic mass is 9.90. The monoisotopic (exact) mass is 377 g/mol. The van der Waals surface area contributed by atoms with Gasteiger partial charge in [0.2, 0.25) is 5.60 Å². The number of aliphatic carboxylic acids is 1. The van der Waals surface area contributed by atoms with Crippen LogP contribution in [0.2, 0.25) is 0 Å². The molecule has 1 aromatic heterocycles. The molecule has 0 unspecified atom stereocenters. The van der Waals surface area contributed by atoms with Gasteiger partial charge in [-0.15, -0.1) is 0 Å². The quantitative estimate of drug-likeness (QED) is 0.734. The average molecular weight is 377 g/mol. The molecule has 0 amide bonds. The van der Waals surface area contributed by atoms with Gasteiger partial charge in [-0.1, -0.05) is 30.3 Å². The Kier molecular flexibility index (Phi) is 4.96. The van der Waals surface area contributed by atoms with Crippen LogP contribution in [0.3, 0.4) is 0 Å². The molecule has 1 aliphatic heterocycles. The summed E-state index contributed by atoms with van der Waals surface area (Å²) in [6.07, 6.45) is 4.52.